The van der Waals surface area contributed by atoms with E-state index in [4.69, 9.17) is 15.3 Å². The third kappa shape index (κ3) is 6.34. The molecule has 0 unspecified atom stereocenters. The molecule has 4 rings (SSSR count). The number of ether oxygens (including phenoxy) is 1. The molecule has 13 heteroatoms. The van der Waals surface area contributed by atoms with Gasteiger partial charge in [0.15, 0.2) is 26.8 Å². The number of aromatic nitrogens is 1. The lowest BCUT2D eigenvalue weighted by Gasteiger charge is -2.10. The molecular formula is C21H24N4O6S3. The molecule has 2 heterocycles. The largest absolute Gasteiger partial charge is 0.389 e. The number of anilines is 1. The van der Waals surface area contributed by atoms with Gasteiger partial charge in [0.1, 0.15) is 0 Å². The van der Waals surface area contributed by atoms with Crippen LogP contribution in [0.3, 0.4) is 0 Å². The van der Waals surface area contributed by atoms with Gasteiger partial charge < -0.3 is 15.3 Å². The lowest BCUT2D eigenvalue weighted by molar-refractivity contribution is -0.117. The summed E-state index contributed by atoms with van der Waals surface area (Å²) in [6.45, 7) is 0.945. The van der Waals surface area contributed by atoms with E-state index in [9.17, 15) is 18.0 Å². The number of nitrogens with zero attached hydrogens (tertiary/aromatic N) is 2. The Bertz CT molecular complexity index is 1170. The second kappa shape index (κ2) is 10.8. The molecule has 2 aliphatic rings. The van der Waals surface area contributed by atoms with E-state index in [1.54, 1.807) is 18.3 Å². The van der Waals surface area contributed by atoms with Crippen molar-refractivity contribution in [2.45, 2.75) is 46.1 Å². The second-order valence-corrected chi connectivity index (χ2v) is 12.5. The smallest absolute Gasteiger partial charge is 0.280 e. The van der Waals surface area contributed by atoms with Gasteiger partial charge in [-0.1, -0.05) is 28.6 Å². The minimum atomic E-state index is -3.34. The highest BCUT2D eigenvalue weighted by atomic mass is 32.2. The fraction of sp³-hybridized carbons (Fsp3) is 0.429. The Balaban J connectivity index is 1.49. The van der Waals surface area contributed by atoms with Crippen molar-refractivity contribution in [3.8, 4) is 0 Å². The normalized spacial score (nSPS) is 18.6. The van der Waals surface area contributed by atoms with Crippen molar-refractivity contribution >= 4 is 55.6 Å². The maximum atomic E-state index is 13.1. The van der Waals surface area contributed by atoms with Crippen LogP contribution < -0.4 is 11.1 Å². The van der Waals surface area contributed by atoms with Crippen molar-refractivity contribution in [3.05, 3.63) is 36.0 Å². The Hall–Kier alpha value is -2.48. The number of carbonyl (C=O) groups is 2. The Kier molecular flexibility index (Phi) is 7.86. The average Bonchev–Trinajstić information content (AvgIpc) is 3.38. The second-order valence-electron chi connectivity index (χ2n) is 7.80. The van der Waals surface area contributed by atoms with Crippen LogP contribution in [0.15, 0.2) is 44.7 Å². The molecule has 182 valence electrons. The van der Waals surface area contributed by atoms with E-state index in [0.717, 1.165) is 4.21 Å². The SMILES string of the molecule is NC(=O)CCSc1cnc(NC(=O)/C(=N/O[C@@H]2CCOC2)c2ccc(S(=O)(=O)C3CC3)cc2)s1. The summed E-state index contributed by atoms with van der Waals surface area (Å²) in [5.74, 6) is -0.403. The summed E-state index contributed by atoms with van der Waals surface area (Å²) in [6.07, 6.45) is 3.60. The van der Waals surface area contributed by atoms with Gasteiger partial charge in [-0.3, -0.25) is 14.9 Å². The highest BCUT2D eigenvalue weighted by Gasteiger charge is 2.36. The van der Waals surface area contributed by atoms with Crippen molar-refractivity contribution < 1.29 is 27.6 Å². The quantitative estimate of drug-likeness (QED) is 0.258. The minimum Gasteiger partial charge on any atom is -0.389 e. The van der Waals surface area contributed by atoms with E-state index in [1.165, 1.54) is 35.2 Å². The van der Waals surface area contributed by atoms with Gasteiger partial charge in [-0.25, -0.2) is 13.4 Å². The van der Waals surface area contributed by atoms with E-state index in [2.05, 4.69) is 15.5 Å². The van der Waals surface area contributed by atoms with Crippen molar-refractivity contribution in [2.24, 2.45) is 10.9 Å². The predicted octanol–water partition coefficient (Wildman–Crippen LogP) is 2.19. The van der Waals surface area contributed by atoms with Gasteiger partial charge in [0.25, 0.3) is 5.91 Å². The Morgan fingerprint density at radius 1 is 1.26 bits per heavy atom. The first-order valence-corrected chi connectivity index (χ1v) is 14.0. The van der Waals surface area contributed by atoms with Crippen molar-refractivity contribution in [2.75, 3.05) is 24.3 Å². The number of thiazole rings is 1. The first-order chi connectivity index (χ1) is 16.3. The fourth-order valence-electron chi connectivity index (χ4n) is 3.11. The molecule has 2 amide bonds. The summed E-state index contributed by atoms with van der Waals surface area (Å²) < 4.78 is 31.1. The Morgan fingerprint density at radius 2 is 2.03 bits per heavy atom. The molecule has 1 aromatic heterocycles. The topological polar surface area (TPSA) is 150 Å². The van der Waals surface area contributed by atoms with Crippen molar-refractivity contribution in [3.63, 3.8) is 0 Å². The molecule has 2 fully saturated rings. The fourth-order valence-corrected chi connectivity index (χ4v) is 6.67. The molecule has 1 aromatic carbocycles. The molecule has 0 bridgehead atoms. The minimum absolute atomic E-state index is 0.000372. The number of benzene rings is 1. The number of hydrogen-bond donors (Lipinski definition) is 2. The summed E-state index contributed by atoms with van der Waals surface area (Å²) in [4.78, 5) is 33.9. The van der Waals surface area contributed by atoms with Gasteiger partial charge in [0, 0.05) is 24.2 Å². The number of amides is 2. The number of primary amides is 1. The highest BCUT2D eigenvalue weighted by Crippen LogP contribution is 2.33. The molecule has 0 spiro atoms. The number of sulfone groups is 1. The van der Waals surface area contributed by atoms with Crippen molar-refractivity contribution in [1.82, 2.24) is 4.98 Å². The number of oxime groups is 1. The van der Waals surface area contributed by atoms with E-state index in [0.29, 0.717) is 48.9 Å². The van der Waals surface area contributed by atoms with Crippen LogP contribution in [0.5, 0.6) is 0 Å². The molecule has 0 radical (unpaired) electrons. The molecule has 1 aliphatic heterocycles. The van der Waals surface area contributed by atoms with Gasteiger partial charge in [-0.15, -0.1) is 11.8 Å². The zero-order valence-electron chi connectivity index (χ0n) is 18.1. The first-order valence-electron chi connectivity index (χ1n) is 10.7. The average molecular weight is 525 g/mol. The number of rotatable bonds is 11. The zero-order valence-corrected chi connectivity index (χ0v) is 20.6. The molecule has 2 aromatic rings. The number of thioether (sulfide) groups is 1. The third-order valence-electron chi connectivity index (χ3n) is 5.11. The van der Waals surface area contributed by atoms with Crippen LogP contribution in [-0.2, 0) is 29.0 Å². The molecule has 34 heavy (non-hydrogen) atoms. The predicted molar refractivity (Wildman–Crippen MR) is 129 cm³/mol. The Morgan fingerprint density at radius 3 is 2.68 bits per heavy atom. The molecule has 1 saturated carbocycles. The summed E-state index contributed by atoms with van der Waals surface area (Å²) >= 11 is 2.68. The maximum absolute atomic E-state index is 13.1. The molecule has 10 nitrogen and oxygen atoms in total. The van der Waals surface area contributed by atoms with Crippen LogP contribution in [0.2, 0.25) is 0 Å². The Labute approximate surface area is 205 Å². The van der Waals surface area contributed by atoms with Gasteiger partial charge in [0.2, 0.25) is 5.91 Å². The summed E-state index contributed by atoms with van der Waals surface area (Å²) in [5.41, 5.74) is 5.57. The third-order valence-corrected chi connectivity index (χ3v) is 9.50. The van der Waals surface area contributed by atoms with E-state index < -0.39 is 15.7 Å². The number of nitrogens with one attached hydrogen (secondary N) is 1. The standard InChI is InChI=1S/C21H24N4O6S3/c22-17(26)8-10-32-18-11-23-21(33-18)24-20(27)19(25-31-14-7-9-30-12-14)13-1-3-15(4-2-13)34(28,29)16-5-6-16/h1-4,11,14,16H,5-10,12H2,(H2,22,26)(H,23,24,27)/b25-19+/t14-/m1/s1. The van der Waals surface area contributed by atoms with E-state index in [1.807, 2.05) is 0 Å². The first kappa shape index (κ1) is 24.6. The lowest BCUT2D eigenvalue weighted by Crippen LogP contribution is -2.25. The number of nitrogens with two attached hydrogens (primary N) is 1. The summed E-state index contributed by atoms with van der Waals surface area (Å²) in [5, 5.41) is 6.83. The van der Waals surface area contributed by atoms with Crippen molar-refractivity contribution in [1.29, 1.82) is 0 Å². The van der Waals surface area contributed by atoms with Crippen LogP contribution in [0.1, 0.15) is 31.2 Å². The van der Waals surface area contributed by atoms with Crippen LogP contribution in [0, 0.1) is 0 Å². The number of hydrogen-bond acceptors (Lipinski definition) is 10. The molecule has 1 atom stereocenters. The zero-order chi connectivity index (χ0) is 24.1. The van der Waals surface area contributed by atoms with Crippen LogP contribution >= 0.6 is 23.1 Å². The highest BCUT2D eigenvalue weighted by molar-refractivity contribution is 8.01. The van der Waals surface area contributed by atoms with Crippen LogP contribution in [0.25, 0.3) is 0 Å². The number of carbonyl (C=O) groups excluding carboxylic acids is 2. The van der Waals surface area contributed by atoms with E-state index >= 15 is 0 Å². The monoisotopic (exact) mass is 524 g/mol. The van der Waals surface area contributed by atoms with E-state index in [-0.39, 0.29) is 34.3 Å². The van der Waals surface area contributed by atoms with Crippen LogP contribution in [0.4, 0.5) is 5.13 Å². The lowest BCUT2D eigenvalue weighted by atomic mass is 10.1. The van der Waals surface area contributed by atoms with Gasteiger partial charge in [0.05, 0.1) is 33.8 Å². The summed E-state index contributed by atoms with van der Waals surface area (Å²) in [6, 6.07) is 6.08. The maximum Gasteiger partial charge on any atom is 0.280 e. The summed E-state index contributed by atoms with van der Waals surface area (Å²) in [7, 11) is -3.34. The van der Waals surface area contributed by atoms with Gasteiger partial charge in [-0.2, -0.15) is 0 Å². The molecule has 3 N–H and O–H groups in total. The molecule has 1 saturated heterocycles. The molecular weight excluding hydrogens is 500 g/mol. The molecule has 1 aliphatic carbocycles. The van der Waals surface area contributed by atoms with Gasteiger partial charge in [-0.05, 0) is 25.0 Å². The van der Waals surface area contributed by atoms with Gasteiger partial charge >= 0.3 is 0 Å². The van der Waals surface area contributed by atoms with Crippen LogP contribution in [-0.4, -0.2) is 61.2 Å².